The predicted molar refractivity (Wildman–Crippen MR) is 34.3 cm³/mol. The summed E-state index contributed by atoms with van der Waals surface area (Å²) in [7, 11) is 0. The van der Waals surface area contributed by atoms with E-state index in [2.05, 4.69) is 0 Å². The molecule has 1 atom stereocenters. The van der Waals surface area contributed by atoms with Gasteiger partial charge in [-0.05, 0) is 6.42 Å². The minimum atomic E-state index is -0.0325. The monoisotopic (exact) mass is 111 g/mol. The average Bonchev–Trinajstić information content (AvgIpc) is 1.83. The molecule has 0 aliphatic carbocycles. The van der Waals surface area contributed by atoms with Gasteiger partial charge in [0.15, 0.2) is 0 Å². The molecule has 0 bridgehead atoms. The summed E-state index contributed by atoms with van der Waals surface area (Å²) in [5, 5.41) is 0. The van der Waals surface area contributed by atoms with Crippen molar-refractivity contribution in [2.45, 2.75) is 20.3 Å². The van der Waals surface area contributed by atoms with Crippen LogP contribution < -0.4 is 0 Å². The van der Waals surface area contributed by atoms with Crippen LogP contribution in [0.3, 0.4) is 0 Å². The van der Waals surface area contributed by atoms with Crippen LogP contribution in [0.5, 0.6) is 0 Å². The molecule has 1 heteroatoms. The number of rotatable bonds is 3. The normalized spacial score (nSPS) is 14.2. The molecule has 0 saturated heterocycles. The van der Waals surface area contributed by atoms with Crippen molar-refractivity contribution in [2.24, 2.45) is 5.92 Å². The van der Waals surface area contributed by atoms with Gasteiger partial charge in [0.2, 0.25) is 6.29 Å². The van der Waals surface area contributed by atoms with Gasteiger partial charge in [-0.15, -0.1) is 0 Å². The fourth-order valence-electron chi connectivity index (χ4n) is 0.379. The minimum Gasteiger partial charge on any atom is -0.290 e. The van der Waals surface area contributed by atoms with Crippen LogP contribution in [0.2, 0.25) is 0 Å². The average molecular weight is 111 g/mol. The van der Waals surface area contributed by atoms with Crippen LogP contribution in [0, 0.1) is 5.92 Å². The van der Waals surface area contributed by atoms with Crippen LogP contribution in [0.1, 0.15) is 20.3 Å². The van der Waals surface area contributed by atoms with E-state index in [-0.39, 0.29) is 5.92 Å². The van der Waals surface area contributed by atoms with Crippen molar-refractivity contribution in [3.63, 3.8) is 0 Å². The summed E-state index contributed by atoms with van der Waals surface area (Å²) in [4.78, 5) is 9.83. The third-order valence-electron chi connectivity index (χ3n) is 0.846. The quantitative estimate of drug-likeness (QED) is 0.506. The molecule has 0 aliphatic rings. The van der Waals surface area contributed by atoms with Crippen molar-refractivity contribution in [1.29, 1.82) is 0 Å². The molecular weight excluding hydrogens is 100 g/mol. The Morgan fingerprint density at radius 2 is 2.38 bits per heavy atom. The lowest BCUT2D eigenvalue weighted by atomic mass is 10.2. The van der Waals surface area contributed by atoms with Crippen LogP contribution in [-0.4, -0.2) is 6.29 Å². The first-order valence-corrected chi connectivity index (χ1v) is 2.85. The summed E-state index contributed by atoms with van der Waals surface area (Å²) in [5.41, 5.74) is 0. The summed E-state index contributed by atoms with van der Waals surface area (Å²) in [6, 6.07) is 0. The van der Waals surface area contributed by atoms with E-state index in [9.17, 15) is 4.79 Å². The highest BCUT2D eigenvalue weighted by Crippen LogP contribution is 1.91. The molecule has 1 unspecified atom stereocenters. The van der Waals surface area contributed by atoms with Gasteiger partial charge in [-0.1, -0.05) is 26.0 Å². The SMILES string of the molecule is CCC=CC(C)[C]=O. The van der Waals surface area contributed by atoms with Gasteiger partial charge in [0.05, 0.1) is 0 Å². The Morgan fingerprint density at radius 3 is 2.75 bits per heavy atom. The molecule has 0 aromatic carbocycles. The van der Waals surface area contributed by atoms with Gasteiger partial charge in [-0.25, -0.2) is 0 Å². The maximum Gasteiger partial charge on any atom is 0.205 e. The third-order valence-corrected chi connectivity index (χ3v) is 0.846. The van der Waals surface area contributed by atoms with Crippen LogP contribution in [0.25, 0.3) is 0 Å². The summed E-state index contributed by atoms with van der Waals surface area (Å²) in [6.07, 6.45) is 6.68. The molecule has 0 N–H and O–H groups in total. The second-order valence-corrected chi connectivity index (χ2v) is 1.74. The van der Waals surface area contributed by atoms with Crippen LogP contribution in [0.4, 0.5) is 0 Å². The van der Waals surface area contributed by atoms with E-state index in [1.807, 2.05) is 32.3 Å². The van der Waals surface area contributed by atoms with Gasteiger partial charge in [0, 0.05) is 5.92 Å². The number of carbonyl (C=O) groups excluding carboxylic acids is 1. The molecule has 45 valence electrons. The lowest BCUT2D eigenvalue weighted by Crippen LogP contribution is -1.87. The zero-order valence-corrected chi connectivity index (χ0v) is 5.35. The van der Waals surface area contributed by atoms with Crippen molar-refractivity contribution in [2.75, 3.05) is 0 Å². The smallest absolute Gasteiger partial charge is 0.205 e. The van der Waals surface area contributed by atoms with Crippen molar-refractivity contribution in [3.8, 4) is 0 Å². The first-order valence-electron chi connectivity index (χ1n) is 2.85. The van der Waals surface area contributed by atoms with Gasteiger partial charge < -0.3 is 0 Å². The van der Waals surface area contributed by atoms with Crippen molar-refractivity contribution >= 4 is 6.29 Å². The third kappa shape index (κ3) is 3.59. The maximum absolute atomic E-state index is 9.83. The lowest BCUT2D eigenvalue weighted by Gasteiger charge is -1.86. The summed E-state index contributed by atoms with van der Waals surface area (Å²) in [6.45, 7) is 3.85. The number of allylic oxidation sites excluding steroid dienone is 2. The highest BCUT2D eigenvalue weighted by atomic mass is 16.1. The molecule has 0 heterocycles. The van der Waals surface area contributed by atoms with E-state index < -0.39 is 0 Å². The van der Waals surface area contributed by atoms with Gasteiger partial charge in [0.25, 0.3) is 0 Å². The highest BCUT2D eigenvalue weighted by molar-refractivity contribution is 5.56. The molecule has 0 spiro atoms. The lowest BCUT2D eigenvalue weighted by molar-refractivity contribution is 0.543. The number of hydrogen-bond donors (Lipinski definition) is 0. The Labute approximate surface area is 50.4 Å². The summed E-state index contributed by atoms with van der Waals surface area (Å²) in [5.74, 6) is -0.0325. The van der Waals surface area contributed by atoms with Crippen molar-refractivity contribution < 1.29 is 4.79 Å². The first kappa shape index (κ1) is 7.41. The Bertz CT molecular complexity index is 84.4. The van der Waals surface area contributed by atoms with E-state index in [1.54, 1.807) is 0 Å². The largest absolute Gasteiger partial charge is 0.290 e. The summed E-state index contributed by atoms with van der Waals surface area (Å²) < 4.78 is 0. The Balaban J connectivity index is 3.35. The molecule has 0 saturated carbocycles. The van der Waals surface area contributed by atoms with E-state index in [0.29, 0.717) is 0 Å². The van der Waals surface area contributed by atoms with E-state index in [1.165, 1.54) is 0 Å². The van der Waals surface area contributed by atoms with Crippen molar-refractivity contribution in [1.82, 2.24) is 0 Å². The first-order chi connectivity index (χ1) is 3.81. The maximum atomic E-state index is 9.83. The molecule has 8 heavy (non-hydrogen) atoms. The second kappa shape index (κ2) is 4.57. The second-order valence-electron chi connectivity index (χ2n) is 1.74. The van der Waals surface area contributed by atoms with Crippen LogP contribution >= 0.6 is 0 Å². The Hall–Kier alpha value is -0.590. The van der Waals surface area contributed by atoms with Gasteiger partial charge in [-0.2, -0.15) is 0 Å². The van der Waals surface area contributed by atoms with Crippen LogP contribution in [-0.2, 0) is 4.79 Å². The van der Waals surface area contributed by atoms with E-state index >= 15 is 0 Å². The minimum absolute atomic E-state index is 0.0325. The van der Waals surface area contributed by atoms with E-state index in [0.717, 1.165) is 6.42 Å². The van der Waals surface area contributed by atoms with Crippen LogP contribution in [0.15, 0.2) is 12.2 Å². The molecular formula is C7H11O. The van der Waals surface area contributed by atoms with Gasteiger partial charge >= 0.3 is 0 Å². The van der Waals surface area contributed by atoms with Gasteiger partial charge in [-0.3, -0.25) is 4.79 Å². The standard InChI is InChI=1S/C7H11O/c1-3-4-5-7(2)6-8/h4-5,7H,3H2,1-2H3. The zero-order valence-electron chi connectivity index (χ0n) is 5.35. The fourth-order valence-corrected chi connectivity index (χ4v) is 0.379. The zero-order chi connectivity index (χ0) is 6.41. The number of hydrogen-bond acceptors (Lipinski definition) is 1. The fraction of sp³-hybridized carbons (Fsp3) is 0.571. The molecule has 1 nitrogen and oxygen atoms in total. The molecule has 0 amide bonds. The van der Waals surface area contributed by atoms with E-state index in [4.69, 9.17) is 0 Å². The highest BCUT2D eigenvalue weighted by Gasteiger charge is 1.89. The van der Waals surface area contributed by atoms with Crippen molar-refractivity contribution in [3.05, 3.63) is 12.2 Å². The topological polar surface area (TPSA) is 17.1 Å². The molecule has 0 fully saturated rings. The Morgan fingerprint density at radius 1 is 1.75 bits per heavy atom. The molecule has 0 aromatic heterocycles. The molecule has 0 rings (SSSR count). The Kier molecular flexibility index (Phi) is 4.23. The predicted octanol–water partition coefficient (Wildman–Crippen LogP) is 1.70. The molecule has 1 radical (unpaired) electrons. The molecule has 0 aromatic rings. The summed E-state index contributed by atoms with van der Waals surface area (Å²) >= 11 is 0. The van der Waals surface area contributed by atoms with Gasteiger partial charge in [0.1, 0.15) is 0 Å². The molecule has 0 aliphatic heterocycles.